The number of rotatable bonds is 2. The fourth-order valence-corrected chi connectivity index (χ4v) is 5.15. The summed E-state index contributed by atoms with van der Waals surface area (Å²) >= 11 is 0.513. The van der Waals surface area contributed by atoms with Gasteiger partial charge in [0, 0.05) is 0 Å². The second kappa shape index (κ2) is 5.26. The molecule has 1 aliphatic rings. The molecule has 1 heterocycles. The molecule has 18 heavy (non-hydrogen) atoms. The Hall–Kier alpha value is -1.11. The van der Waals surface area contributed by atoms with Gasteiger partial charge in [0.05, 0.1) is 0 Å². The molecule has 92 valence electrons. The summed E-state index contributed by atoms with van der Waals surface area (Å²) in [5.41, 5.74) is 4.15. The summed E-state index contributed by atoms with van der Waals surface area (Å²) in [6.45, 7) is 2.14. The molecule has 2 heteroatoms. The van der Waals surface area contributed by atoms with Crippen molar-refractivity contribution in [1.82, 2.24) is 4.98 Å². The molecular weight excluding hydrogens is 285 g/mol. The molecule has 0 radical (unpaired) electrons. The number of hydrogen-bond donors (Lipinski definition) is 0. The topological polar surface area (TPSA) is 12.9 Å². The van der Waals surface area contributed by atoms with Gasteiger partial charge in [0.2, 0.25) is 0 Å². The Morgan fingerprint density at radius 1 is 1.22 bits per heavy atom. The van der Waals surface area contributed by atoms with Crippen LogP contribution in [0.1, 0.15) is 34.5 Å². The molecule has 1 aliphatic carbocycles. The third kappa shape index (κ3) is 2.50. The summed E-state index contributed by atoms with van der Waals surface area (Å²) in [6, 6.07) is 13.2. The Kier molecular flexibility index (Phi) is 3.49. The van der Waals surface area contributed by atoms with E-state index in [4.69, 9.17) is 4.98 Å². The fourth-order valence-electron chi connectivity index (χ4n) is 2.52. The number of nitrogens with zero attached hydrogens (tertiary/aromatic N) is 1. The standard InChI is InChI=1S/C16H17NSe/c1-12-10-13-6-5-9-15(16(13)17-11-12)18-14-7-3-2-4-8-14/h2-4,7-8,10-11,15H,5-6,9H2,1H3. The predicted molar refractivity (Wildman–Crippen MR) is 76.5 cm³/mol. The summed E-state index contributed by atoms with van der Waals surface area (Å²) in [7, 11) is 0. The molecule has 1 nitrogen and oxygen atoms in total. The number of benzene rings is 1. The quantitative estimate of drug-likeness (QED) is 0.777. The first-order valence-corrected chi connectivity index (χ1v) is 8.34. The molecule has 0 saturated heterocycles. The average Bonchev–Trinajstić information content (AvgIpc) is 2.40. The van der Waals surface area contributed by atoms with Gasteiger partial charge in [-0.3, -0.25) is 0 Å². The van der Waals surface area contributed by atoms with E-state index in [1.54, 1.807) is 0 Å². The molecule has 0 amide bonds. The van der Waals surface area contributed by atoms with Crippen LogP contribution >= 0.6 is 0 Å². The summed E-state index contributed by atoms with van der Waals surface area (Å²) in [4.78, 5) is 5.38. The molecular formula is C16H17NSe. The normalized spacial score (nSPS) is 18.4. The predicted octanol–water partition coefficient (Wildman–Crippen LogP) is 2.80. The van der Waals surface area contributed by atoms with Gasteiger partial charge in [-0.2, -0.15) is 0 Å². The van der Waals surface area contributed by atoms with Crippen LogP contribution < -0.4 is 4.46 Å². The van der Waals surface area contributed by atoms with E-state index >= 15 is 0 Å². The van der Waals surface area contributed by atoms with Crippen molar-refractivity contribution in [2.45, 2.75) is 31.0 Å². The molecule has 1 aromatic heterocycles. The zero-order chi connectivity index (χ0) is 12.4. The zero-order valence-electron chi connectivity index (χ0n) is 10.6. The molecule has 0 fully saturated rings. The number of hydrogen-bond acceptors (Lipinski definition) is 1. The Bertz CT molecular complexity index is 536. The van der Waals surface area contributed by atoms with Crippen molar-refractivity contribution < 1.29 is 0 Å². The third-order valence-electron chi connectivity index (χ3n) is 3.38. The van der Waals surface area contributed by atoms with E-state index in [-0.39, 0.29) is 0 Å². The molecule has 0 saturated carbocycles. The Labute approximate surface area is 115 Å². The van der Waals surface area contributed by atoms with Gasteiger partial charge in [-0.15, -0.1) is 0 Å². The van der Waals surface area contributed by atoms with Crippen LogP contribution in [0.2, 0.25) is 0 Å². The first kappa shape index (κ1) is 12.0. The first-order chi connectivity index (χ1) is 8.83. The molecule has 1 aromatic carbocycles. The number of fused-ring (bicyclic) bond motifs is 1. The van der Waals surface area contributed by atoms with E-state index in [9.17, 15) is 0 Å². The van der Waals surface area contributed by atoms with Crippen molar-refractivity contribution in [3.8, 4) is 0 Å². The maximum absolute atomic E-state index is 4.71. The van der Waals surface area contributed by atoms with Crippen LogP contribution in [-0.2, 0) is 6.42 Å². The van der Waals surface area contributed by atoms with Crippen LogP contribution in [0.4, 0.5) is 0 Å². The van der Waals surface area contributed by atoms with Crippen LogP contribution in [0.15, 0.2) is 42.6 Å². The van der Waals surface area contributed by atoms with Crippen LogP contribution in [0.3, 0.4) is 0 Å². The first-order valence-electron chi connectivity index (χ1n) is 6.50. The van der Waals surface area contributed by atoms with Gasteiger partial charge in [0.1, 0.15) is 0 Å². The van der Waals surface area contributed by atoms with Crippen LogP contribution in [0.5, 0.6) is 0 Å². The van der Waals surface area contributed by atoms with Crippen molar-refractivity contribution in [2.75, 3.05) is 0 Å². The van der Waals surface area contributed by atoms with E-state index in [0.717, 1.165) is 0 Å². The van der Waals surface area contributed by atoms with E-state index in [1.807, 2.05) is 6.20 Å². The van der Waals surface area contributed by atoms with Crippen LogP contribution in [0, 0.1) is 6.92 Å². The molecule has 0 bridgehead atoms. The van der Waals surface area contributed by atoms with E-state index < -0.39 is 0 Å². The van der Waals surface area contributed by atoms with Crippen molar-refractivity contribution >= 4 is 19.4 Å². The van der Waals surface area contributed by atoms with Crippen molar-refractivity contribution in [1.29, 1.82) is 0 Å². The molecule has 3 rings (SSSR count). The summed E-state index contributed by atoms with van der Waals surface area (Å²) < 4.78 is 1.49. The van der Waals surface area contributed by atoms with Crippen LogP contribution in [-0.4, -0.2) is 19.9 Å². The molecule has 0 spiro atoms. The Balaban J connectivity index is 1.87. The van der Waals surface area contributed by atoms with Gasteiger partial charge in [-0.1, -0.05) is 0 Å². The van der Waals surface area contributed by atoms with Crippen molar-refractivity contribution in [2.24, 2.45) is 0 Å². The number of aryl methyl sites for hydroxylation is 2. The monoisotopic (exact) mass is 303 g/mol. The zero-order valence-corrected chi connectivity index (χ0v) is 12.3. The number of pyridine rings is 1. The van der Waals surface area contributed by atoms with E-state index in [1.165, 1.54) is 40.5 Å². The third-order valence-corrected chi connectivity index (χ3v) is 6.08. The Morgan fingerprint density at radius 2 is 2.06 bits per heavy atom. The molecule has 2 aromatic rings. The summed E-state index contributed by atoms with van der Waals surface area (Å²) in [5, 5.41) is 0. The van der Waals surface area contributed by atoms with Crippen LogP contribution in [0.25, 0.3) is 0 Å². The van der Waals surface area contributed by atoms with Gasteiger partial charge in [0.15, 0.2) is 0 Å². The fraction of sp³-hybridized carbons (Fsp3) is 0.312. The van der Waals surface area contributed by atoms with Gasteiger partial charge >= 0.3 is 115 Å². The van der Waals surface area contributed by atoms with Gasteiger partial charge < -0.3 is 0 Å². The van der Waals surface area contributed by atoms with Crippen molar-refractivity contribution in [3.63, 3.8) is 0 Å². The molecule has 0 aliphatic heterocycles. The molecule has 0 N–H and O–H groups in total. The minimum atomic E-state index is 0.513. The number of aromatic nitrogens is 1. The van der Waals surface area contributed by atoms with Gasteiger partial charge in [-0.25, -0.2) is 0 Å². The van der Waals surface area contributed by atoms with Gasteiger partial charge in [-0.05, 0) is 0 Å². The van der Waals surface area contributed by atoms with Crippen molar-refractivity contribution in [3.05, 3.63) is 59.4 Å². The SMILES string of the molecule is Cc1cnc2c(c1)CCCC2[Se]c1ccccc1. The maximum atomic E-state index is 4.71. The molecule has 1 unspecified atom stereocenters. The minimum absolute atomic E-state index is 0.513. The Morgan fingerprint density at radius 3 is 2.89 bits per heavy atom. The average molecular weight is 302 g/mol. The summed E-state index contributed by atoms with van der Waals surface area (Å²) in [6.07, 6.45) is 5.86. The van der Waals surface area contributed by atoms with E-state index in [0.29, 0.717) is 19.8 Å². The second-order valence-corrected chi connectivity index (χ2v) is 7.55. The van der Waals surface area contributed by atoms with E-state index in [2.05, 4.69) is 43.3 Å². The summed E-state index contributed by atoms with van der Waals surface area (Å²) in [5.74, 6) is 0. The second-order valence-electron chi connectivity index (χ2n) is 4.87. The molecule has 1 atom stereocenters. The van der Waals surface area contributed by atoms with Gasteiger partial charge in [0.25, 0.3) is 0 Å².